The predicted molar refractivity (Wildman–Crippen MR) is 75.0 cm³/mol. The van der Waals surface area contributed by atoms with E-state index in [1.807, 2.05) is 0 Å². The number of rotatable bonds is 4. The van der Waals surface area contributed by atoms with Gasteiger partial charge >= 0.3 is 5.97 Å². The second kappa shape index (κ2) is 7.28. The Labute approximate surface area is 131 Å². The molecule has 1 fully saturated rings. The van der Waals surface area contributed by atoms with Gasteiger partial charge in [-0.15, -0.1) is 0 Å². The molecule has 8 heteroatoms. The molecule has 2 rings (SSSR count). The number of aromatic nitrogens is 1. The van der Waals surface area contributed by atoms with Crippen molar-refractivity contribution in [1.82, 2.24) is 9.88 Å². The minimum atomic E-state index is -3.00. The topological polar surface area (TPSA) is 42.4 Å². The van der Waals surface area contributed by atoms with Gasteiger partial charge in [-0.2, -0.15) is 0 Å². The lowest BCUT2D eigenvalue weighted by atomic mass is 9.92. The van der Waals surface area contributed by atoms with Crippen molar-refractivity contribution in [2.45, 2.75) is 31.5 Å². The van der Waals surface area contributed by atoms with Crippen molar-refractivity contribution in [2.75, 3.05) is 20.2 Å². The molecule has 1 unspecified atom stereocenters. The molecule has 0 spiro atoms. The summed E-state index contributed by atoms with van der Waals surface area (Å²) >= 11 is 6.14. The van der Waals surface area contributed by atoms with E-state index in [1.54, 1.807) is 0 Å². The standard InChI is InChI=1S/C14H16ClF3N2O2/c1-22-14(21)9-6-10(15)11(19-7-9)8-2-4-20(5-3-8)13(18)12(16)17/h6-8,12-13H,2-5H2,1H3. The Bertz CT molecular complexity index is 537. The third kappa shape index (κ3) is 3.70. The van der Waals surface area contributed by atoms with Gasteiger partial charge in [0.25, 0.3) is 6.43 Å². The summed E-state index contributed by atoms with van der Waals surface area (Å²) in [6, 6.07) is 1.47. The molecular weight excluding hydrogens is 321 g/mol. The maximum absolute atomic E-state index is 13.3. The first-order valence-corrected chi connectivity index (χ1v) is 7.22. The van der Waals surface area contributed by atoms with Crippen molar-refractivity contribution >= 4 is 17.6 Å². The van der Waals surface area contributed by atoms with E-state index >= 15 is 0 Å². The highest BCUT2D eigenvalue weighted by Gasteiger charge is 2.32. The summed E-state index contributed by atoms with van der Waals surface area (Å²) in [5.41, 5.74) is 0.844. The van der Waals surface area contributed by atoms with E-state index in [2.05, 4.69) is 9.72 Å². The molecule has 1 aliphatic rings. The molecule has 4 nitrogen and oxygen atoms in total. The van der Waals surface area contributed by atoms with Crippen LogP contribution in [0.2, 0.25) is 5.02 Å². The molecule has 0 radical (unpaired) electrons. The number of methoxy groups -OCH3 is 1. The lowest BCUT2D eigenvalue weighted by molar-refractivity contribution is -0.0576. The highest BCUT2D eigenvalue weighted by molar-refractivity contribution is 6.31. The van der Waals surface area contributed by atoms with Crippen LogP contribution in [0.5, 0.6) is 0 Å². The number of hydrogen-bond donors (Lipinski definition) is 0. The normalized spacial score (nSPS) is 18.5. The number of piperidine rings is 1. The van der Waals surface area contributed by atoms with Gasteiger partial charge in [0, 0.05) is 25.2 Å². The fraction of sp³-hybridized carbons (Fsp3) is 0.571. The van der Waals surface area contributed by atoms with Crippen molar-refractivity contribution in [3.8, 4) is 0 Å². The Morgan fingerprint density at radius 3 is 2.55 bits per heavy atom. The molecule has 0 bridgehead atoms. The quantitative estimate of drug-likeness (QED) is 0.625. The van der Waals surface area contributed by atoms with Crippen LogP contribution in [0.3, 0.4) is 0 Å². The molecule has 0 saturated carbocycles. The fourth-order valence-electron chi connectivity index (χ4n) is 2.56. The number of alkyl halides is 3. The van der Waals surface area contributed by atoms with Crippen molar-refractivity contribution in [1.29, 1.82) is 0 Å². The Morgan fingerprint density at radius 2 is 2.05 bits per heavy atom. The Kier molecular flexibility index (Phi) is 5.63. The number of esters is 1. The van der Waals surface area contributed by atoms with Crippen LogP contribution in [0.4, 0.5) is 13.2 Å². The van der Waals surface area contributed by atoms with Crippen molar-refractivity contribution in [2.24, 2.45) is 0 Å². The monoisotopic (exact) mass is 336 g/mol. The van der Waals surface area contributed by atoms with Crippen molar-refractivity contribution in [3.63, 3.8) is 0 Å². The number of likely N-dealkylation sites (tertiary alicyclic amines) is 1. The maximum atomic E-state index is 13.3. The Morgan fingerprint density at radius 1 is 1.41 bits per heavy atom. The maximum Gasteiger partial charge on any atom is 0.339 e. The van der Waals surface area contributed by atoms with Gasteiger partial charge < -0.3 is 4.74 Å². The number of nitrogens with zero attached hydrogens (tertiary/aromatic N) is 2. The minimum absolute atomic E-state index is 0.0414. The van der Waals surface area contributed by atoms with Crippen LogP contribution in [0.25, 0.3) is 0 Å². The SMILES string of the molecule is COC(=O)c1cnc(C2CCN(C(F)C(F)F)CC2)c(Cl)c1. The molecule has 22 heavy (non-hydrogen) atoms. The number of carbonyl (C=O) groups is 1. The van der Waals surface area contributed by atoms with Crippen molar-refractivity contribution in [3.05, 3.63) is 28.5 Å². The Balaban J connectivity index is 2.04. The largest absolute Gasteiger partial charge is 0.465 e. The molecule has 0 amide bonds. The zero-order valence-corrected chi connectivity index (χ0v) is 12.7. The molecule has 1 saturated heterocycles. The molecule has 0 aliphatic carbocycles. The highest BCUT2D eigenvalue weighted by atomic mass is 35.5. The number of halogens is 4. The van der Waals surface area contributed by atoms with E-state index in [1.165, 1.54) is 19.4 Å². The number of pyridine rings is 1. The second-order valence-electron chi connectivity index (χ2n) is 5.10. The van der Waals surface area contributed by atoms with Gasteiger partial charge in [0.15, 0.2) is 0 Å². The first-order valence-electron chi connectivity index (χ1n) is 6.84. The number of carbonyl (C=O) groups excluding carboxylic acids is 1. The van der Waals surface area contributed by atoms with Gasteiger partial charge in [0.05, 0.1) is 23.4 Å². The summed E-state index contributed by atoms with van der Waals surface area (Å²) in [6.07, 6.45) is -2.89. The molecule has 0 aromatic carbocycles. The average Bonchev–Trinajstić information content (AvgIpc) is 2.53. The van der Waals surface area contributed by atoms with Gasteiger partial charge in [-0.25, -0.2) is 18.0 Å². The number of ether oxygens (including phenoxy) is 1. The second-order valence-corrected chi connectivity index (χ2v) is 5.51. The Hall–Kier alpha value is -1.34. The number of hydrogen-bond acceptors (Lipinski definition) is 4. The molecule has 0 N–H and O–H groups in total. The molecule has 122 valence electrons. The van der Waals surface area contributed by atoms with Crippen molar-refractivity contribution < 1.29 is 22.7 Å². The molecule has 2 heterocycles. The lowest BCUT2D eigenvalue weighted by Gasteiger charge is -2.33. The van der Waals surface area contributed by atoms with Crippen LogP contribution >= 0.6 is 11.6 Å². The first kappa shape index (κ1) is 17.0. The van der Waals surface area contributed by atoms with Gasteiger partial charge in [0.2, 0.25) is 6.30 Å². The summed E-state index contributed by atoms with van der Waals surface area (Å²) < 4.78 is 42.6. The van der Waals surface area contributed by atoms with E-state index in [0.717, 1.165) is 4.90 Å². The van der Waals surface area contributed by atoms with Crippen LogP contribution in [0.1, 0.15) is 34.8 Å². The first-order chi connectivity index (χ1) is 10.4. The molecule has 1 aliphatic heterocycles. The molecule has 1 aromatic rings. The summed E-state index contributed by atoms with van der Waals surface area (Å²) in [4.78, 5) is 16.7. The molecule has 1 atom stereocenters. The van der Waals surface area contributed by atoms with E-state index in [4.69, 9.17) is 11.6 Å². The van der Waals surface area contributed by atoms with Crippen LogP contribution in [0.15, 0.2) is 12.3 Å². The van der Waals surface area contributed by atoms with Gasteiger partial charge in [0.1, 0.15) is 0 Å². The fourth-order valence-corrected chi connectivity index (χ4v) is 2.88. The van der Waals surface area contributed by atoms with E-state index < -0.39 is 18.7 Å². The predicted octanol–water partition coefficient (Wildman–Crippen LogP) is 3.26. The van der Waals surface area contributed by atoms with Crippen LogP contribution in [-0.2, 0) is 4.74 Å². The molecule has 1 aromatic heterocycles. The van der Waals surface area contributed by atoms with Crippen LogP contribution in [-0.4, -0.2) is 48.8 Å². The lowest BCUT2D eigenvalue weighted by Crippen LogP contribution is -2.42. The van der Waals surface area contributed by atoms with Crippen LogP contribution in [0, 0.1) is 0 Å². The average molecular weight is 337 g/mol. The summed E-state index contributed by atoms with van der Waals surface area (Å²) in [7, 11) is 1.26. The third-order valence-electron chi connectivity index (χ3n) is 3.76. The zero-order valence-electron chi connectivity index (χ0n) is 11.9. The summed E-state index contributed by atoms with van der Waals surface area (Å²) in [5.74, 6) is -0.576. The highest BCUT2D eigenvalue weighted by Crippen LogP contribution is 2.33. The minimum Gasteiger partial charge on any atom is -0.465 e. The van der Waals surface area contributed by atoms with E-state index in [0.29, 0.717) is 23.6 Å². The smallest absolute Gasteiger partial charge is 0.339 e. The van der Waals surface area contributed by atoms with Gasteiger partial charge in [-0.05, 0) is 18.9 Å². The summed E-state index contributed by atoms with van der Waals surface area (Å²) in [5, 5.41) is 0.326. The third-order valence-corrected chi connectivity index (χ3v) is 4.07. The molecular formula is C14H16ClF3N2O2. The van der Waals surface area contributed by atoms with E-state index in [-0.39, 0.29) is 24.6 Å². The van der Waals surface area contributed by atoms with Gasteiger partial charge in [-0.3, -0.25) is 9.88 Å². The van der Waals surface area contributed by atoms with E-state index in [9.17, 15) is 18.0 Å². The summed E-state index contributed by atoms with van der Waals surface area (Å²) in [6.45, 7) is 0.430. The zero-order chi connectivity index (χ0) is 16.3. The van der Waals surface area contributed by atoms with Crippen LogP contribution < -0.4 is 0 Å². The van der Waals surface area contributed by atoms with Gasteiger partial charge in [-0.1, -0.05) is 11.6 Å².